The van der Waals surface area contributed by atoms with Gasteiger partial charge in [0.1, 0.15) is 0 Å². The van der Waals surface area contributed by atoms with Gasteiger partial charge in [-0.2, -0.15) is 0 Å². The number of benzene rings is 3. The van der Waals surface area contributed by atoms with Crippen LogP contribution in [0, 0.1) is 0 Å². The summed E-state index contributed by atoms with van der Waals surface area (Å²) < 4.78 is 0. The smallest absolute Gasteiger partial charge is 0.251 e. The van der Waals surface area contributed by atoms with Gasteiger partial charge in [-0.1, -0.05) is 67.4 Å². The summed E-state index contributed by atoms with van der Waals surface area (Å²) in [5, 5.41) is 7.27. The Kier molecular flexibility index (Phi) is 6.50. The van der Waals surface area contributed by atoms with E-state index in [0.29, 0.717) is 17.1 Å². The van der Waals surface area contributed by atoms with E-state index in [4.69, 9.17) is 11.6 Å². The first kappa shape index (κ1) is 22.1. The maximum atomic E-state index is 13.2. The fraction of sp³-hybridized carbons (Fsp3) is 0.321. The van der Waals surface area contributed by atoms with Gasteiger partial charge in [-0.15, -0.1) is 0 Å². The van der Waals surface area contributed by atoms with Crippen molar-refractivity contribution in [1.82, 2.24) is 15.5 Å². The largest absolute Gasteiger partial charge is 0.352 e. The zero-order valence-corrected chi connectivity index (χ0v) is 19.8. The van der Waals surface area contributed by atoms with Crippen LogP contribution in [-0.4, -0.2) is 43.5 Å². The van der Waals surface area contributed by atoms with Crippen LogP contribution in [0.2, 0.25) is 5.02 Å². The number of fused-ring (bicyclic) bond motifs is 3. The quantitative estimate of drug-likeness (QED) is 0.477. The molecule has 1 fully saturated rings. The monoisotopic (exact) mass is 459 g/mol. The molecule has 3 aromatic rings. The van der Waals surface area contributed by atoms with Gasteiger partial charge in [-0.25, -0.2) is 0 Å². The maximum Gasteiger partial charge on any atom is 0.251 e. The molecule has 0 aromatic heterocycles. The van der Waals surface area contributed by atoms with Crippen molar-refractivity contribution in [2.24, 2.45) is 0 Å². The van der Waals surface area contributed by atoms with Crippen LogP contribution >= 0.6 is 11.6 Å². The van der Waals surface area contributed by atoms with Crippen molar-refractivity contribution in [2.75, 3.05) is 32.7 Å². The van der Waals surface area contributed by atoms with Crippen molar-refractivity contribution in [2.45, 2.75) is 25.8 Å². The Morgan fingerprint density at radius 2 is 1.73 bits per heavy atom. The van der Waals surface area contributed by atoms with E-state index in [-0.39, 0.29) is 11.9 Å². The van der Waals surface area contributed by atoms with E-state index in [1.165, 1.54) is 22.3 Å². The normalized spacial score (nSPS) is 17.5. The minimum atomic E-state index is -0.0189. The summed E-state index contributed by atoms with van der Waals surface area (Å²) in [6.07, 6.45) is 2.03. The minimum Gasteiger partial charge on any atom is -0.352 e. The number of halogens is 1. The topological polar surface area (TPSA) is 44.4 Å². The molecule has 2 aliphatic rings. The molecule has 170 valence electrons. The summed E-state index contributed by atoms with van der Waals surface area (Å²) >= 11 is 6.69. The summed E-state index contributed by atoms with van der Waals surface area (Å²) in [6.45, 7) is 6.73. The first-order valence-electron chi connectivity index (χ1n) is 11.9. The predicted molar refractivity (Wildman–Crippen MR) is 136 cm³/mol. The number of carbonyl (C=O) groups is 1. The molecule has 0 saturated carbocycles. The second-order valence-corrected chi connectivity index (χ2v) is 9.26. The summed E-state index contributed by atoms with van der Waals surface area (Å²) in [5.41, 5.74) is 7.66. The molecule has 4 nitrogen and oxygen atoms in total. The zero-order chi connectivity index (χ0) is 22.8. The summed E-state index contributed by atoms with van der Waals surface area (Å²) in [7, 11) is 0. The number of amides is 1. The first-order chi connectivity index (χ1) is 16.2. The molecule has 33 heavy (non-hydrogen) atoms. The van der Waals surface area contributed by atoms with Gasteiger partial charge in [-0.05, 0) is 52.4 Å². The lowest BCUT2D eigenvalue weighted by Gasteiger charge is -2.34. The lowest BCUT2D eigenvalue weighted by Crippen LogP contribution is -2.45. The average Bonchev–Trinajstić information content (AvgIpc) is 3.19. The molecule has 0 radical (unpaired) electrons. The Hall–Kier alpha value is -2.66. The Bertz CT molecular complexity index is 1170. The van der Waals surface area contributed by atoms with Crippen molar-refractivity contribution in [3.8, 4) is 22.3 Å². The fourth-order valence-corrected chi connectivity index (χ4v) is 5.39. The van der Waals surface area contributed by atoms with E-state index < -0.39 is 0 Å². The van der Waals surface area contributed by atoms with Crippen molar-refractivity contribution in [1.29, 1.82) is 0 Å². The van der Waals surface area contributed by atoms with Crippen molar-refractivity contribution in [3.05, 3.63) is 82.4 Å². The molecule has 1 heterocycles. The Morgan fingerprint density at radius 1 is 1.00 bits per heavy atom. The second kappa shape index (κ2) is 9.68. The predicted octanol–water partition coefficient (Wildman–Crippen LogP) is 5.51. The van der Waals surface area contributed by atoms with E-state index in [2.05, 4.69) is 58.9 Å². The molecule has 0 bridgehead atoms. The number of nitrogens with one attached hydrogen (secondary N) is 2. The zero-order valence-electron chi connectivity index (χ0n) is 19.0. The van der Waals surface area contributed by atoms with E-state index in [1.54, 1.807) is 0 Å². The van der Waals surface area contributed by atoms with Crippen LogP contribution in [0.4, 0.5) is 0 Å². The fourth-order valence-electron chi connectivity index (χ4n) is 5.15. The van der Waals surface area contributed by atoms with E-state index >= 15 is 0 Å². The van der Waals surface area contributed by atoms with Gasteiger partial charge in [0, 0.05) is 48.9 Å². The van der Waals surface area contributed by atoms with Gasteiger partial charge >= 0.3 is 0 Å². The third-order valence-electron chi connectivity index (χ3n) is 6.75. The number of rotatable bonds is 6. The van der Waals surface area contributed by atoms with Crippen LogP contribution < -0.4 is 10.6 Å². The van der Waals surface area contributed by atoms with E-state index in [9.17, 15) is 4.79 Å². The lowest BCUT2D eigenvalue weighted by atomic mass is 9.91. The second-order valence-electron chi connectivity index (χ2n) is 8.85. The number of hydrogen-bond acceptors (Lipinski definition) is 3. The number of nitrogens with zero attached hydrogens (tertiary/aromatic N) is 1. The molecule has 1 atom stereocenters. The van der Waals surface area contributed by atoms with Crippen LogP contribution in [0.5, 0.6) is 0 Å². The van der Waals surface area contributed by atoms with Crippen LogP contribution in [-0.2, 0) is 0 Å². The van der Waals surface area contributed by atoms with Crippen LogP contribution in [0.25, 0.3) is 22.3 Å². The van der Waals surface area contributed by atoms with Crippen molar-refractivity contribution < 1.29 is 4.79 Å². The highest BCUT2D eigenvalue weighted by molar-refractivity contribution is 6.33. The molecule has 1 unspecified atom stereocenters. The Balaban J connectivity index is 1.70. The van der Waals surface area contributed by atoms with Gasteiger partial charge in [-0.3, -0.25) is 9.69 Å². The SMILES string of the molecule is CCCCNC(=O)c1cc(-c2ccccc2Cl)c2c(c1)C(N1CCNCC1)c1ccccc1-2. The molecule has 1 aliphatic heterocycles. The number of hydrogen-bond donors (Lipinski definition) is 2. The molecule has 1 aliphatic carbocycles. The lowest BCUT2D eigenvalue weighted by molar-refractivity contribution is 0.0953. The third-order valence-corrected chi connectivity index (χ3v) is 7.08. The molecule has 5 heteroatoms. The summed E-state index contributed by atoms with van der Waals surface area (Å²) in [4.78, 5) is 15.7. The average molecular weight is 460 g/mol. The highest BCUT2D eigenvalue weighted by atomic mass is 35.5. The molecule has 1 amide bonds. The molecule has 5 rings (SSSR count). The molecule has 2 N–H and O–H groups in total. The number of carbonyl (C=O) groups excluding carboxylic acids is 1. The van der Waals surface area contributed by atoms with Gasteiger partial charge in [0.15, 0.2) is 0 Å². The van der Waals surface area contributed by atoms with Gasteiger partial charge < -0.3 is 10.6 Å². The molecule has 1 saturated heterocycles. The standard InChI is InChI=1S/C28H30ClN3O/c1-2-3-12-31-28(33)19-17-23(20-8-6-7-11-25(20)29)26-21-9-4-5-10-22(21)27(24(26)18-19)32-15-13-30-14-16-32/h4-11,17-18,27,30H,2-3,12-16H2,1H3,(H,31,33). The van der Waals surface area contributed by atoms with E-state index in [1.807, 2.05) is 24.3 Å². The Labute approximate surface area is 201 Å². The maximum absolute atomic E-state index is 13.2. The number of unbranched alkanes of at least 4 members (excludes halogenated alkanes) is 1. The third kappa shape index (κ3) is 4.19. The molecule has 3 aromatic carbocycles. The van der Waals surface area contributed by atoms with Crippen LogP contribution in [0.1, 0.15) is 47.3 Å². The summed E-state index contributed by atoms with van der Waals surface area (Å²) in [6, 6.07) is 20.9. The highest BCUT2D eigenvalue weighted by Crippen LogP contribution is 2.51. The van der Waals surface area contributed by atoms with Crippen molar-refractivity contribution >= 4 is 17.5 Å². The van der Waals surface area contributed by atoms with Gasteiger partial charge in [0.25, 0.3) is 5.91 Å². The molecule has 0 spiro atoms. The number of piperazine rings is 1. The van der Waals surface area contributed by atoms with Crippen LogP contribution in [0.3, 0.4) is 0 Å². The minimum absolute atomic E-state index is 0.0189. The summed E-state index contributed by atoms with van der Waals surface area (Å²) in [5.74, 6) is -0.0189. The van der Waals surface area contributed by atoms with Gasteiger partial charge in [0.2, 0.25) is 0 Å². The first-order valence-corrected chi connectivity index (χ1v) is 12.3. The van der Waals surface area contributed by atoms with E-state index in [0.717, 1.165) is 50.1 Å². The molecular weight excluding hydrogens is 430 g/mol. The Morgan fingerprint density at radius 3 is 2.48 bits per heavy atom. The highest BCUT2D eigenvalue weighted by Gasteiger charge is 2.36. The van der Waals surface area contributed by atoms with Crippen molar-refractivity contribution in [3.63, 3.8) is 0 Å². The van der Waals surface area contributed by atoms with Gasteiger partial charge in [0.05, 0.1) is 6.04 Å². The van der Waals surface area contributed by atoms with Crippen LogP contribution in [0.15, 0.2) is 60.7 Å². The molecular formula is C28H30ClN3O.